The predicted octanol–water partition coefficient (Wildman–Crippen LogP) is 1.93. The minimum atomic E-state index is 0.257. The van der Waals surface area contributed by atoms with E-state index in [-0.39, 0.29) is 5.92 Å². The molecule has 0 bridgehead atoms. The quantitative estimate of drug-likeness (QED) is 0.872. The molecule has 3 aliphatic rings. The van der Waals surface area contributed by atoms with Crippen LogP contribution in [0.15, 0.2) is 18.6 Å². The van der Waals surface area contributed by atoms with E-state index in [9.17, 15) is 4.79 Å². The predicted molar refractivity (Wildman–Crippen MR) is 102 cm³/mol. The second-order valence-corrected chi connectivity index (χ2v) is 8.42. The Hall–Kier alpha value is -1.69. The van der Waals surface area contributed by atoms with Crippen molar-refractivity contribution >= 4 is 11.7 Å². The van der Waals surface area contributed by atoms with Gasteiger partial charge >= 0.3 is 0 Å². The van der Waals surface area contributed by atoms with Crippen molar-refractivity contribution in [3.05, 3.63) is 18.6 Å². The molecular formula is C20H31N5O. The Kier molecular flexibility index (Phi) is 5.38. The second kappa shape index (κ2) is 7.91. The van der Waals surface area contributed by atoms with Gasteiger partial charge < -0.3 is 10.2 Å². The number of carbonyl (C=O) groups is 1. The average molecular weight is 358 g/mol. The maximum absolute atomic E-state index is 12.5. The number of hydrogen-bond donors (Lipinski definition) is 1. The summed E-state index contributed by atoms with van der Waals surface area (Å²) in [6, 6.07) is 0.426. The molecule has 1 aromatic rings. The zero-order valence-electron chi connectivity index (χ0n) is 15.8. The van der Waals surface area contributed by atoms with Gasteiger partial charge in [0.1, 0.15) is 5.82 Å². The Balaban J connectivity index is 1.17. The van der Waals surface area contributed by atoms with E-state index in [4.69, 9.17) is 0 Å². The molecule has 6 heteroatoms. The third-order valence-corrected chi connectivity index (χ3v) is 6.36. The normalized spacial score (nSPS) is 32.3. The molecule has 2 saturated carbocycles. The molecular weight excluding hydrogens is 326 g/mol. The molecule has 0 unspecified atom stereocenters. The summed E-state index contributed by atoms with van der Waals surface area (Å²) in [5.74, 6) is 2.93. The van der Waals surface area contributed by atoms with Crippen molar-refractivity contribution in [3.8, 4) is 0 Å². The van der Waals surface area contributed by atoms with E-state index in [0.717, 1.165) is 63.7 Å². The summed E-state index contributed by atoms with van der Waals surface area (Å²) in [4.78, 5) is 25.8. The number of nitrogens with one attached hydrogen (secondary N) is 1. The van der Waals surface area contributed by atoms with E-state index in [0.29, 0.717) is 17.9 Å². The molecule has 2 atom stereocenters. The van der Waals surface area contributed by atoms with Crippen LogP contribution in [0.1, 0.15) is 39.0 Å². The van der Waals surface area contributed by atoms with E-state index in [1.165, 1.54) is 12.8 Å². The molecule has 0 aromatic carbocycles. The number of rotatable bonds is 5. The van der Waals surface area contributed by atoms with Gasteiger partial charge in [-0.05, 0) is 43.9 Å². The fourth-order valence-electron chi connectivity index (χ4n) is 4.43. The molecule has 26 heavy (non-hydrogen) atoms. The molecule has 4 rings (SSSR count). The van der Waals surface area contributed by atoms with Gasteiger partial charge in [0.05, 0.1) is 6.20 Å². The van der Waals surface area contributed by atoms with Crippen LogP contribution in [0.5, 0.6) is 0 Å². The van der Waals surface area contributed by atoms with Crippen LogP contribution < -0.4 is 10.2 Å². The highest BCUT2D eigenvalue weighted by atomic mass is 16.2. The monoisotopic (exact) mass is 357 g/mol. The average Bonchev–Trinajstić information content (AvgIpc) is 3.44. The van der Waals surface area contributed by atoms with Crippen molar-refractivity contribution in [2.45, 2.75) is 45.1 Å². The SMILES string of the molecule is C[C@H]1CC[C@H](NC(=O)[C@@H]2C[C@H]2CN2CCN(c3cnccn3)CC2)CC1. The van der Waals surface area contributed by atoms with Crippen LogP contribution >= 0.6 is 0 Å². The van der Waals surface area contributed by atoms with Gasteiger partial charge in [0.2, 0.25) is 5.91 Å². The first-order valence-corrected chi connectivity index (χ1v) is 10.2. The topological polar surface area (TPSA) is 61.4 Å². The number of hydrogen-bond acceptors (Lipinski definition) is 5. The summed E-state index contributed by atoms with van der Waals surface area (Å²) in [5, 5.41) is 3.32. The van der Waals surface area contributed by atoms with Crippen molar-refractivity contribution in [1.29, 1.82) is 0 Å². The lowest BCUT2D eigenvalue weighted by molar-refractivity contribution is -0.123. The Morgan fingerprint density at radius 3 is 2.62 bits per heavy atom. The lowest BCUT2D eigenvalue weighted by atomic mass is 9.87. The summed E-state index contributed by atoms with van der Waals surface area (Å²) in [6.45, 7) is 7.45. The summed E-state index contributed by atoms with van der Waals surface area (Å²) in [6.07, 6.45) is 11.2. The van der Waals surface area contributed by atoms with Crippen molar-refractivity contribution < 1.29 is 4.79 Å². The summed E-state index contributed by atoms with van der Waals surface area (Å²) >= 11 is 0. The van der Waals surface area contributed by atoms with E-state index in [1.807, 2.05) is 6.20 Å². The van der Waals surface area contributed by atoms with Crippen molar-refractivity contribution in [1.82, 2.24) is 20.2 Å². The number of anilines is 1. The van der Waals surface area contributed by atoms with Crippen LogP contribution in [-0.2, 0) is 4.79 Å². The van der Waals surface area contributed by atoms with Crippen molar-refractivity contribution in [2.24, 2.45) is 17.8 Å². The molecule has 1 aliphatic heterocycles. The number of carbonyl (C=O) groups excluding carboxylic acids is 1. The van der Waals surface area contributed by atoms with E-state index in [1.54, 1.807) is 12.4 Å². The van der Waals surface area contributed by atoms with Gasteiger partial charge in [-0.25, -0.2) is 4.98 Å². The van der Waals surface area contributed by atoms with Crippen LogP contribution in [0.25, 0.3) is 0 Å². The second-order valence-electron chi connectivity index (χ2n) is 8.42. The zero-order valence-corrected chi connectivity index (χ0v) is 15.8. The molecule has 142 valence electrons. The molecule has 6 nitrogen and oxygen atoms in total. The molecule has 1 N–H and O–H groups in total. The smallest absolute Gasteiger partial charge is 0.223 e. The fourth-order valence-corrected chi connectivity index (χ4v) is 4.43. The van der Waals surface area contributed by atoms with E-state index < -0.39 is 0 Å². The Labute approximate surface area is 156 Å². The number of piperazine rings is 1. The first-order valence-electron chi connectivity index (χ1n) is 10.2. The maximum atomic E-state index is 12.5. The molecule has 1 aromatic heterocycles. The highest BCUT2D eigenvalue weighted by Crippen LogP contribution is 2.40. The Bertz CT molecular complexity index is 593. The van der Waals surface area contributed by atoms with Gasteiger partial charge in [0.15, 0.2) is 0 Å². The number of amides is 1. The van der Waals surface area contributed by atoms with E-state index >= 15 is 0 Å². The summed E-state index contributed by atoms with van der Waals surface area (Å²) in [5.41, 5.74) is 0. The molecule has 1 amide bonds. The Morgan fingerprint density at radius 2 is 1.92 bits per heavy atom. The van der Waals surface area contributed by atoms with Crippen LogP contribution in [0.2, 0.25) is 0 Å². The third-order valence-electron chi connectivity index (χ3n) is 6.36. The van der Waals surface area contributed by atoms with Crippen molar-refractivity contribution in [3.63, 3.8) is 0 Å². The lowest BCUT2D eigenvalue weighted by Crippen LogP contribution is -2.47. The van der Waals surface area contributed by atoms with Gasteiger partial charge in [-0.1, -0.05) is 6.92 Å². The molecule has 3 fully saturated rings. The zero-order chi connectivity index (χ0) is 17.9. The van der Waals surface area contributed by atoms with Gasteiger partial charge in [-0.2, -0.15) is 0 Å². The molecule has 0 spiro atoms. The standard InChI is InChI=1S/C20H31N5O/c1-15-2-4-17(5-3-15)23-20(26)18-12-16(18)14-24-8-10-25(11-9-24)19-13-21-6-7-22-19/h6-7,13,15-18H,2-5,8-12,14H2,1H3,(H,23,26)/t15-,16-,17-,18+/m0/s1. The van der Waals surface area contributed by atoms with E-state index in [2.05, 4.69) is 32.0 Å². The van der Waals surface area contributed by atoms with Crippen LogP contribution in [0, 0.1) is 17.8 Å². The minimum absolute atomic E-state index is 0.257. The minimum Gasteiger partial charge on any atom is -0.353 e. The highest BCUT2D eigenvalue weighted by Gasteiger charge is 2.44. The molecule has 2 aliphatic carbocycles. The van der Waals surface area contributed by atoms with Gasteiger partial charge in [-0.3, -0.25) is 14.7 Å². The van der Waals surface area contributed by atoms with Crippen LogP contribution in [0.3, 0.4) is 0 Å². The van der Waals surface area contributed by atoms with Gasteiger partial charge in [0, 0.05) is 57.1 Å². The number of nitrogens with zero attached hydrogens (tertiary/aromatic N) is 4. The Morgan fingerprint density at radius 1 is 1.15 bits per heavy atom. The summed E-state index contributed by atoms with van der Waals surface area (Å²) in [7, 11) is 0. The van der Waals surface area contributed by atoms with Crippen LogP contribution in [-0.4, -0.2) is 59.5 Å². The fraction of sp³-hybridized carbons (Fsp3) is 0.750. The highest BCUT2D eigenvalue weighted by molar-refractivity contribution is 5.81. The third kappa shape index (κ3) is 4.34. The molecule has 2 heterocycles. The number of aromatic nitrogens is 2. The molecule has 1 saturated heterocycles. The first-order chi connectivity index (χ1) is 12.7. The lowest BCUT2D eigenvalue weighted by Gasteiger charge is -2.35. The maximum Gasteiger partial charge on any atom is 0.223 e. The first kappa shape index (κ1) is 17.7. The largest absolute Gasteiger partial charge is 0.353 e. The summed E-state index contributed by atoms with van der Waals surface area (Å²) < 4.78 is 0. The van der Waals surface area contributed by atoms with Crippen LogP contribution in [0.4, 0.5) is 5.82 Å². The van der Waals surface area contributed by atoms with Gasteiger partial charge in [0.25, 0.3) is 0 Å². The molecule has 0 radical (unpaired) electrons. The van der Waals surface area contributed by atoms with Crippen molar-refractivity contribution in [2.75, 3.05) is 37.6 Å². The van der Waals surface area contributed by atoms with Gasteiger partial charge in [-0.15, -0.1) is 0 Å².